The highest BCUT2D eigenvalue weighted by Gasteiger charge is 2.52. The Hall–Kier alpha value is -2.73. The summed E-state index contributed by atoms with van der Waals surface area (Å²) >= 11 is 0. The lowest BCUT2D eigenvalue weighted by molar-refractivity contribution is -0.135. The summed E-state index contributed by atoms with van der Waals surface area (Å²) in [5.41, 5.74) is 2.98. The van der Waals surface area contributed by atoms with Gasteiger partial charge in [0.15, 0.2) is 5.60 Å². The monoisotopic (exact) mass is 297 g/mol. The van der Waals surface area contributed by atoms with Crippen molar-refractivity contribution in [3.63, 3.8) is 0 Å². The minimum atomic E-state index is -1.25. The molecule has 1 fully saturated rings. The van der Waals surface area contributed by atoms with Crippen molar-refractivity contribution in [1.29, 1.82) is 0 Å². The molecule has 1 amide bonds. The number of rotatable bonds is 4. The van der Waals surface area contributed by atoms with Crippen LogP contribution in [0.1, 0.15) is 12.5 Å². The maximum absolute atomic E-state index is 12.7. The van der Waals surface area contributed by atoms with Gasteiger partial charge in [0.2, 0.25) is 0 Å². The fraction of sp³-hybridized carbons (Fsp3) is 0.188. The third-order valence-electron chi connectivity index (χ3n) is 3.63. The smallest absolute Gasteiger partial charge is 0.289 e. The summed E-state index contributed by atoms with van der Waals surface area (Å²) in [5.74, 6) is -0.368. The fourth-order valence-corrected chi connectivity index (χ4v) is 2.42. The number of ether oxygens (including phenoxy) is 1. The number of hydrogen-bond donors (Lipinski definition) is 1. The van der Waals surface area contributed by atoms with Gasteiger partial charge in [0.25, 0.3) is 12.3 Å². The van der Waals surface area contributed by atoms with Crippen LogP contribution in [0, 0.1) is 4.91 Å². The van der Waals surface area contributed by atoms with Gasteiger partial charge in [-0.05, 0) is 29.8 Å². The van der Waals surface area contributed by atoms with Crippen molar-refractivity contribution in [2.24, 2.45) is 5.18 Å². The maximum atomic E-state index is 12.7. The Kier molecular flexibility index (Phi) is 3.60. The average molecular weight is 297 g/mol. The molecule has 3 rings (SSSR count). The number of carbonyl (C=O) groups excluding carboxylic acids is 1. The van der Waals surface area contributed by atoms with Crippen molar-refractivity contribution in [2.75, 3.05) is 5.43 Å². The van der Waals surface area contributed by atoms with Crippen LogP contribution >= 0.6 is 0 Å². The summed E-state index contributed by atoms with van der Waals surface area (Å²) in [7, 11) is 0. The van der Waals surface area contributed by atoms with E-state index in [1.54, 1.807) is 31.2 Å². The molecule has 112 valence electrons. The second-order valence-electron chi connectivity index (χ2n) is 5.10. The Morgan fingerprint density at radius 1 is 1.09 bits per heavy atom. The summed E-state index contributed by atoms with van der Waals surface area (Å²) in [5, 5.41) is 4.03. The molecule has 1 heterocycles. The molecule has 2 aromatic carbocycles. The van der Waals surface area contributed by atoms with E-state index in [-0.39, 0.29) is 5.91 Å². The third-order valence-corrected chi connectivity index (χ3v) is 3.63. The molecule has 0 radical (unpaired) electrons. The number of hydrazine groups is 1. The second kappa shape index (κ2) is 5.57. The zero-order valence-corrected chi connectivity index (χ0v) is 12.0. The van der Waals surface area contributed by atoms with Gasteiger partial charge in [-0.2, -0.15) is 0 Å². The minimum Gasteiger partial charge on any atom is -0.314 e. The summed E-state index contributed by atoms with van der Waals surface area (Å²) < 4.78 is 5.62. The molecule has 0 saturated carbocycles. The minimum absolute atomic E-state index is 0.368. The van der Waals surface area contributed by atoms with E-state index >= 15 is 0 Å². The van der Waals surface area contributed by atoms with E-state index < -0.39 is 12.0 Å². The quantitative estimate of drug-likeness (QED) is 0.881. The highest BCUT2D eigenvalue weighted by Crippen LogP contribution is 2.36. The SMILES string of the molecule is CC1(c2ccccc2)OC(N=O)N(Nc2ccccc2)C1=O. The highest BCUT2D eigenvalue weighted by molar-refractivity contribution is 5.89. The van der Waals surface area contributed by atoms with Crippen molar-refractivity contribution < 1.29 is 9.53 Å². The van der Waals surface area contributed by atoms with E-state index in [2.05, 4.69) is 10.6 Å². The normalized spacial score (nSPS) is 24.3. The van der Waals surface area contributed by atoms with E-state index in [0.29, 0.717) is 11.3 Å². The molecule has 2 atom stereocenters. The topological polar surface area (TPSA) is 71.0 Å². The van der Waals surface area contributed by atoms with E-state index in [1.807, 2.05) is 36.4 Å². The van der Waals surface area contributed by atoms with Crippen LogP contribution < -0.4 is 5.43 Å². The molecule has 0 aliphatic carbocycles. The van der Waals surface area contributed by atoms with Gasteiger partial charge >= 0.3 is 0 Å². The lowest BCUT2D eigenvalue weighted by Crippen LogP contribution is -2.41. The molecule has 1 N–H and O–H groups in total. The number of nitrogens with one attached hydrogen (secondary N) is 1. The molecule has 6 heteroatoms. The lowest BCUT2D eigenvalue weighted by atomic mass is 9.95. The van der Waals surface area contributed by atoms with Crippen LogP contribution in [-0.2, 0) is 15.1 Å². The van der Waals surface area contributed by atoms with Gasteiger partial charge in [0, 0.05) is 0 Å². The van der Waals surface area contributed by atoms with E-state index in [1.165, 1.54) is 0 Å². The number of nitrogens with zero attached hydrogens (tertiary/aromatic N) is 2. The second-order valence-corrected chi connectivity index (χ2v) is 5.10. The van der Waals surface area contributed by atoms with Gasteiger partial charge in [-0.3, -0.25) is 10.2 Å². The summed E-state index contributed by atoms with van der Waals surface area (Å²) in [6, 6.07) is 18.1. The molecule has 2 aromatic rings. The molecular weight excluding hydrogens is 282 g/mol. The predicted molar refractivity (Wildman–Crippen MR) is 81.4 cm³/mol. The molecule has 6 nitrogen and oxygen atoms in total. The molecule has 2 unspecified atom stereocenters. The van der Waals surface area contributed by atoms with Crippen LogP contribution in [0.25, 0.3) is 0 Å². The summed E-state index contributed by atoms with van der Waals surface area (Å²) in [6.07, 6.45) is -1.22. The number of nitroso groups, excluding NO2 is 1. The van der Waals surface area contributed by atoms with Crippen molar-refractivity contribution in [1.82, 2.24) is 5.01 Å². The van der Waals surface area contributed by atoms with Crippen LogP contribution in [0.4, 0.5) is 5.69 Å². The molecule has 1 aliphatic heterocycles. The molecule has 0 spiro atoms. The number of carbonyl (C=O) groups is 1. The van der Waals surface area contributed by atoms with E-state index in [9.17, 15) is 9.70 Å². The van der Waals surface area contributed by atoms with Gasteiger partial charge in [-0.1, -0.05) is 48.5 Å². The number of benzene rings is 2. The zero-order chi connectivity index (χ0) is 15.6. The first kappa shape index (κ1) is 14.2. The van der Waals surface area contributed by atoms with Crippen LogP contribution in [0.15, 0.2) is 65.8 Å². The van der Waals surface area contributed by atoms with Gasteiger partial charge in [-0.25, -0.2) is 5.01 Å². The Labute approximate surface area is 127 Å². The number of para-hydroxylation sites is 1. The first-order valence-electron chi connectivity index (χ1n) is 6.86. The summed E-state index contributed by atoms with van der Waals surface area (Å²) in [6.45, 7) is 1.63. The van der Waals surface area contributed by atoms with Crippen LogP contribution in [-0.4, -0.2) is 17.3 Å². The van der Waals surface area contributed by atoms with E-state index in [4.69, 9.17) is 4.74 Å². The Bertz CT molecular complexity index is 678. The molecule has 22 heavy (non-hydrogen) atoms. The van der Waals surface area contributed by atoms with Gasteiger partial charge in [-0.15, -0.1) is 4.91 Å². The van der Waals surface area contributed by atoms with Crippen LogP contribution in [0.3, 0.4) is 0 Å². The fourth-order valence-electron chi connectivity index (χ4n) is 2.42. The van der Waals surface area contributed by atoms with Crippen LogP contribution in [0.2, 0.25) is 0 Å². The number of amides is 1. The Morgan fingerprint density at radius 2 is 1.68 bits per heavy atom. The van der Waals surface area contributed by atoms with Gasteiger partial charge in [0.1, 0.15) is 0 Å². The van der Waals surface area contributed by atoms with Crippen molar-refractivity contribution in [3.8, 4) is 0 Å². The first-order chi connectivity index (χ1) is 10.6. The van der Waals surface area contributed by atoms with Gasteiger partial charge in [0.05, 0.1) is 5.69 Å². The van der Waals surface area contributed by atoms with Crippen molar-refractivity contribution in [2.45, 2.75) is 18.9 Å². The molecule has 1 saturated heterocycles. The number of hydrogen-bond acceptors (Lipinski definition) is 5. The molecule has 0 aromatic heterocycles. The molecular formula is C16H15N3O3. The summed E-state index contributed by atoms with van der Waals surface area (Å²) in [4.78, 5) is 23.8. The van der Waals surface area contributed by atoms with Crippen LogP contribution in [0.5, 0.6) is 0 Å². The molecule has 1 aliphatic rings. The highest BCUT2D eigenvalue weighted by atomic mass is 16.6. The maximum Gasteiger partial charge on any atom is 0.289 e. The first-order valence-corrected chi connectivity index (χ1v) is 6.86. The Balaban J connectivity index is 1.92. The van der Waals surface area contributed by atoms with Crippen molar-refractivity contribution in [3.05, 3.63) is 71.1 Å². The van der Waals surface area contributed by atoms with E-state index in [0.717, 1.165) is 5.01 Å². The largest absolute Gasteiger partial charge is 0.314 e. The Morgan fingerprint density at radius 3 is 2.27 bits per heavy atom. The average Bonchev–Trinajstić information content (AvgIpc) is 2.82. The lowest BCUT2D eigenvalue weighted by Gasteiger charge is -2.22. The third kappa shape index (κ3) is 2.33. The zero-order valence-electron chi connectivity index (χ0n) is 12.0. The van der Waals surface area contributed by atoms with Crippen molar-refractivity contribution >= 4 is 11.6 Å². The number of anilines is 1. The van der Waals surface area contributed by atoms with Gasteiger partial charge < -0.3 is 4.74 Å². The molecule has 0 bridgehead atoms. The standard InChI is InChI=1S/C16H15N3O3/c1-16(12-8-4-2-5-9-12)14(20)19(15(18-21)22-16)17-13-10-6-3-7-11-13/h2-11,15,17H,1H3. The predicted octanol–water partition coefficient (Wildman–Crippen LogP) is 2.84.